The van der Waals surface area contributed by atoms with Gasteiger partial charge in [-0.15, -0.1) is 0 Å². The zero-order valence-corrected chi connectivity index (χ0v) is 10.5. The normalized spacial score (nSPS) is 32.3. The highest BCUT2D eigenvalue weighted by molar-refractivity contribution is 5.77. The Balaban J connectivity index is 1.88. The number of aliphatic carboxylic acids is 1. The molecule has 3 atom stereocenters. The van der Waals surface area contributed by atoms with E-state index in [1.165, 1.54) is 0 Å². The summed E-state index contributed by atoms with van der Waals surface area (Å²) in [4.78, 5) is 24.8. The zero-order chi connectivity index (χ0) is 13.1. The maximum Gasteiger partial charge on any atom is 0.317 e. The second kappa shape index (κ2) is 5.56. The average Bonchev–Trinajstić information content (AvgIpc) is 2.77. The second-order valence-electron chi connectivity index (χ2n) is 5.28. The van der Waals surface area contributed by atoms with Crippen molar-refractivity contribution in [2.24, 2.45) is 11.7 Å². The maximum atomic E-state index is 12.0. The summed E-state index contributed by atoms with van der Waals surface area (Å²) in [6, 6.07) is -0.347. The predicted octanol–water partition coefficient (Wildman–Crippen LogP) is 0.372. The van der Waals surface area contributed by atoms with Crippen LogP contribution in [0.2, 0.25) is 0 Å². The first-order valence-corrected chi connectivity index (χ1v) is 6.61. The summed E-state index contributed by atoms with van der Waals surface area (Å²) in [7, 11) is 0. The van der Waals surface area contributed by atoms with Crippen molar-refractivity contribution in [1.29, 1.82) is 0 Å². The molecule has 1 aliphatic carbocycles. The number of amides is 2. The van der Waals surface area contributed by atoms with Crippen LogP contribution in [0.5, 0.6) is 0 Å². The molecule has 6 heteroatoms. The molecule has 4 N–H and O–H groups in total. The van der Waals surface area contributed by atoms with Crippen molar-refractivity contribution in [3.8, 4) is 0 Å². The van der Waals surface area contributed by atoms with Crippen molar-refractivity contribution in [2.45, 2.75) is 44.2 Å². The summed E-state index contributed by atoms with van der Waals surface area (Å²) in [5.74, 6) is -1.25. The molecular weight excluding hydrogens is 234 g/mol. The number of hydrogen-bond donors (Lipinski definition) is 3. The average molecular weight is 255 g/mol. The third kappa shape index (κ3) is 2.93. The molecule has 0 spiro atoms. The van der Waals surface area contributed by atoms with E-state index in [1.807, 2.05) is 0 Å². The topological polar surface area (TPSA) is 95.7 Å². The van der Waals surface area contributed by atoms with Crippen LogP contribution in [-0.2, 0) is 4.79 Å². The monoisotopic (exact) mass is 255 g/mol. The molecule has 1 saturated heterocycles. The van der Waals surface area contributed by atoms with Crippen LogP contribution in [-0.4, -0.2) is 47.2 Å². The van der Waals surface area contributed by atoms with E-state index in [0.717, 1.165) is 25.7 Å². The molecule has 0 aromatic rings. The van der Waals surface area contributed by atoms with Crippen LogP contribution in [0.15, 0.2) is 0 Å². The number of carbonyl (C=O) groups is 2. The zero-order valence-electron chi connectivity index (χ0n) is 10.5. The van der Waals surface area contributed by atoms with Gasteiger partial charge in [0.25, 0.3) is 0 Å². The first-order chi connectivity index (χ1) is 8.58. The molecule has 2 amide bonds. The van der Waals surface area contributed by atoms with Gasteiger partial charge in [0.15, 0.2) is 0 Å². The highest BCUT2D eigenvalue weighted by Crippen LogP contribution is 2.26. The lowest BCUT2D eigenvalue weighted by Gasteiger charge is -2.32. The molecule has 1 aliphatic heterocycles. The van der Waals surface area contributed by atoms with Gasteiger partial charge in [0, 0.05) is 25.2 Å². The lowest BCUT2D eigenvalue weighted by molar-refractivity contribution is -0.142. The van der Waals surface area contributed by atoms with E-state index in [-0.39, 0.29) is 18.1 Å². The molecule has 1 saturated carbocycles. The summed E-state index contributed by atoms with van der Waals surface area (Å²) in [5.41, 5.74) is 5.83. The van der Waals surface area contributed by atoms with E-state index in [2.05, 4.69) is 5.32 Å². The van der Waals surface area contributed by atoms with Crippen LogP contribution >= 0.6 is 0 Å². The third-order valence-corrected chi connectivity index (χ3v) is 3.89. The molecule has 2 fully saturated rings. The van der Waals surface area contributed by atoms with E-state index in [0.29, 0.717) is 19.5 Å². The van der Waals surface area contributed by atoms with Crippen LogP contribution in [0.1, 0.15) is 32.1 Å². The van der Waals surface area contributed by atoms with Crippen LogP contribution in [0.4, 0.5) is 4.79 Å². The molecule has 2 rings (SSSR count). The molecule has 2 aliphatic rings. The van der Waals surface area contributed by atoms with Crippen LogP contribution in [0, 0.1) is 5.92 Å². The maximum absolute atomic E-state index is 12.0. The summed E-state index contributed by atoms with van der Waals surface area (Å²) in [5, 5.41) is 11.9. The smallest absolute Gasteiger partial charge is 0.317 e. The Bertz CT molecular complexity index is 335. The Hall–Kier alpha value is -1.30. The van der Waals surface area contributed by atoms with Crippen molar-refractivity contribution in [2.75, 3.05) is 13.1 Å². The largest absolute Gasteiger partial charge is 0.481 e. The van der Waals surface area contributed by atoms with Gasteiger partial charge in [-0.2, -0.15) is 0 Å². The van der Waals surface area contributed by atoms with Crippen molar-refractivity contribution >= 4 is 12.0 Å². The minimum absolute atomic E-state index is 0.0448. The summed E-state index contributed by atoms with van der Waals surface area (Å²) in [6.45, 7) is 1.28. The highest BCUT2D eigenvalue weighted by Gasteiger charge is 2.35. The van der Waals surface area contributed by atoms with Gasteiger partial charge in [-0.05, 0) is 25.7 Å². The molecule has 0 aromatic carbocycles. The Morgan fingerprint density at radius 3 is 2.67 bits per heavy atom. The van der Waals surface area contributed by atoms with E-state index >= 15 is 0 Å². The fourth-order valence-corrected chi connectivity index (χ4v) is 2.87. The number of carbonyl (C=O) groups excluding carboxylic acids is 1. The first kappa shape index (κ1) is 13.1. The number of likely N-dealkylation sites (tertiary alicyclic amines) is 1. The molecule has 0 bridgehead atoms. The van der Waals surface area contributed by atoms with Crippen LogP contribution < -0.4 is 11.1 Å². The van der Waals surface area contributed by atoms with Crippen molar-refractivity contribution in [3.63, 3.8) is 0 Å². The number of hydrogen-bond acceptors (Lipinski definition) is 3. The number of nitrogens with one attached hydrogen (secondary N) is 1. The number of nitrogens with zero attached hydrogens (tertiary/aromatic N) is 1. The fraction of sp³-hybridized carbons (Fsp3) is 0.833. The van der Waals surface area contributed by atoms with E-state index in [1.54, 1.807) is 4.90 Å². The molecule has 0 radical (unpaired) electrons. The molecule has 18 heavy (non-hydrogen) atoms. The highest BCUT2D eigenvalue weighted by atomic mass is 16.4. The summed E-state index contributed by atoms with van der Waals surface area (Å²) < 4.78 is 0. The van der Waals surface area contributed by atoms with E-state index < -0.39 is 11.9 Å². The Labute approximate surface area is 107 Å². The Morgan fingerprint density at radius 1 is 1.22 bits per heavy atom. The van der Waals surface area contributed by atoms with Gasteiger partial charge in [0.2, 0.25) is 0 Å². The predicted molar refractivity (Wildman–Crippen MR) is 66.1 cm³/mol. The third-order valence-electron chi connectivity index (χ3n) is 3.89. The molecule has 1 heterocycles. The van der Waals surface area contributed by atoms with Gasteiger partial charge in [-0.1, -0.05) is 6.42 Å². The van der Waals surface area contributed by atoms with Gasteiger partial charge in [0.05, 0.1) is 5.92 Å². The molecule has 0 aromatic heterocycles. The van der Waals surface area contributed by atoms with E-state index in [9.17, 15) is 9.59 Å². The molecule has 102 valence electrons. The quantitative estimate of drug-likeness (QED) is 0.664. The van der Waals surface area contributed by atoms with Crippen LogP contribution in [0.3, 0.4) is 0 Å². The summed E-state index contributed by atoms with van der Waals surface area (Å²) >= 11 is 0. The molecular formula is C12H21N3O3. The standard InChI is InChI=1S/C12H21N3O3/c13-8-3-2-6-15(7-8)12(18)14-10-5-1-4-9(10)11(16)17/h8-10H,1-7,13H2,(H,14,18)(H,16,17). The van der Waals surface area contributed by atoms with Crippen molar-refractivity contribution < 1.29 is 14.7 Å². The number of urea groups is 1. The van der Waals surface area contributed by atoms with Gasteiger partial charge >= 0.3 is 12.0 Å². The van der Waals surface area contributed by atoms with Gasteiger partial charge < -0.3 is 21.1 Å². The molecule has 3 unspecified atom stereocenters. The summed E-state index contributed by atoms with van der Waals surface area (Å²) in [6.07, 6.45) is 4.14. The SMILES string of the molecule is NC1CCCN(C(=O)NC2CCCC2C(=O)O)C1. The number of rotatable bonds is 2. The minimum atomic E-state index is -0.812. The number of carboxylic acid groups (broad SMARTS) is 1. The lowest BCUT2D eigenvalue weighted by Crippen LogP contribution is -2.52. The van der Waals surface area contributed by atoms with Crippen molar-refractivity contribution in [1.82, 2.24) is 10.2 Å². The minimum Gasteiger partial charge on any atom is -0.481 e. The van der Waals surface area contributed by atoms with E-state index in [4.69, 9.17) is 10.8 Å². The van der Waals surface area contributed by atoms with Gasteiger partial charge in [-0.3, -0.25) is 4.79 Å². The van der Waals surface area contributed by atoms with Crippen LogP contribution in [0.25, 0.3) is 0 Å². The van der Waals surface area contributed by atoms with Gasteiger partial charge in [0.1, 0.15) is 0 Å². The first-order valence-electron chi connectivity index (χ1n) is 6.61. The van der Waals surface area contributed by atoms with Crippen molar-refractivity contribution in [3.05, 3.63) is 0 Å². The Morgan fingerprint density at radius 2 is 2.00 bits per heavy atom. The Kier molecular flexibility index (Phi) is 4.06. The molecule has 6 nitrogen and oxygen atoms in total. The fourth-order valence-electron chi connectivity index (χ4n) is 2.87. The number of carboxylic acids is 1. The number of piperidine rings is 1. The lowest BCUT2D eigenvalue weighted by atomic mass is 10.0. The number of nitrogens with two attached hydrogens (primary N) is 1. The second-order valence-corrected chi connectivity index (χ2v) is 5.28. The van der Waals surface area contributed by atoms with Gasteiger partial charge in [-0.25, -0.2) is 4.79 Å².